The van der Waals surface area contributed by atoms with Crippen LogP contribution in [-0.4, -0.2) is 42.3 Å². The maximum atomic E-state index is 11.9. The Bertz CT molecular complexity index is 338. The van der Waals surface area contributed by atoms with Crippen molar-refractivity contribution < 1.29 is 19.1 Å². The highest BCUT2D eigenvalue weighted by molar-refractivity contribution is 7.99. The minimum absolute atomic E-state index is 0.186. The summed E-state index contributed by atoms with van der Waals surface area (Å²) in [4.78, 5) is 23.6. The Balaban J connectivity index is 1.66. The van der Waals surface area contributed by atoms with Crippen LogP contribution in [0.25, 0.3) is 0 Å². The van der Waals surface area contributed by atoms with Crippen LogP contribution in [0.1, 0.15) is 39.0 Å². The maximum absolute atomic E-state index is 11.9. The fourth-order valence-corrected chi connectivity index (χ4v) is 3.48. The lowest BCUT2D eigenvalue weighted by Crippen LogP contribution is -2.35. The number of esters is 2. The molecule has 0 radical (unpaired) electrons. The van der Waals surface area contributed by atoms with E-state index in [4.69, 9.17) is 9.47 Å². The lowest BCUT2D eigenvalue weighted by Gasteiger charge is -2.23. The molecule has 0 amide bonds. The van der Waals surface area contributed by atoms with Crippen LogP contribution in [0.15, 0.2) is 0 Å². The fourth-order valence-electron chi connectivity index (χ4n) is 2.32. The summed E-state index contributed by atoms with van der Waals surface area (Å²) >= 11 is 1.64. The van der Waals surface area contributed by atoms with Gasteiger partial charge < -0.3 is 14.8 Å². The Morgan fingerprint density at radius 1 is 1.35 bits per heavy atom. The van der Waals surface area contributed by atoms with Crippen LogP contribution in [0.4, 0.5) is 0 Å². The molecule has 0 aliphatic carbocycles. The van der Waals surface area contributed by atoms with Crippen molar-refractivity contribution in [2.24, 2.45) is 5.92 Å². The number of hydrogen-bond acceptors (Lipinski definition) is 6. The first-order chi connectivity index (χ1) is 9.66. The summed E-state index contributed by atoms with van der Waals surface area (Å²) in [5, 5.41) is 3.03. The molecule has 0 aromatic carbocycles. The summed E-state index contributed by atoms with van der Waals surface area (Å²) in [6.07, 6.45) is 5.06. The molecule has 2 fully saturated rings. The van der Waals surface area contributed by atoms with Gasteiger partial charge in [0.1, 0.15) is 11.5 Å². The minimum Gasteiger partial charge on any atom is -0.392 e. The van der Waals surface area contributed by atoms with Gasteiger partial charge >= 0.3 is 11.9 Å². The van der Waals surface area contributed by atoms with Crippen molar-refractivity contribution in [1.29, 1.82) is 0 Å². The van der Waals surface area contributed by atoms with Crippen LogP contribution >= 0.6 is 11.8 Å². The second-order valence-corrected chi connectivity index (χ2v) is 6.61. The van der Waals surface area contributed by atoms with Crippen molar-refractivity contribution in [2.75, 3.05) is 18.9 Å². The van der Waals surface area contributed by atoms with Crippen molar-refractivity contribution in [3.63, 3.8) is 0 Å². The van der Waals surface area contributed by atoms with Gasteiger partial charge in [-0.3, -0.25) is 4.79 Å². The normalized spacial score (nSPS) is 28.1. The monoisotopic (exact) mass is 301 g/mol. The zero-order chi connectivity index (χ0) is 14.4. The molecule has 0 aromatic rings. The van der Waals surface area contributed by atoms with Crippen molar-refractivity contribution in [3.05, 3.63) is 0 Å². The van der Waals surface area contributed by atoms with E-state index in [-0.39, 0.29) is 17.4 Å². The van der Waals surface area contributed by atoms with E-state index in [1.165, 1.54) is 6.42 Å². The van der Waals surface area contributed by atoms with E-state index >= 15 is 0 Å². The van der Waals surface area contributed by atoms with Crippen molar-refractivity contribution >= 4 is 23.7 Å². The second kappa shape index (κ2) is 8.00. The molecule has 0 bridgehead atoms. The largest absolute Gasteiger partial charge is 0.392 e. The Labute approximate surface area is 124 Å². The number of carbonyl (C=O) groups excluding carboxylic acids is 2. The summed E-state index contributed by atoms with van der Waals surface area (Å²) < 4.78 is 10.5. The average Bonchev–Trinajstić information content (AvgIpc) is 3.00. The molecule has 1 N–H and O–H groups in total. The van der Waals surface area contributed by atoms with E-state index in [9.17, 15) is 9.59 Å². The standard InChI is InChI=1S/C14H23NO4S/c1-10(9-20-12-6-2-3-8-18-12)13(16)19-14(17)11-5-4-7-15-11/h10-12,15H,2-9H2,1H3/t10?,11-,12?/m0/s1. The highest BCUT2D eigenvalue weighted by Gasteiger charge is 2.28. The van der Waals surface area contributed by atoms with Crippen LogP contribution in [0.2, 0.25) is 0 Å². The van der Waals surface area contributed by atoms with Gasteiger partial charge in [-0.25, -0.2) is 4.79 Å². The molecule has 2 heterocycles. The first-order valence-electron chi connectivity index (χ1n) is 7.39. The number of rotatable bonds is 5. The van der Waals surface area contributed by atoms with Crippen LogP contribution in [0.3, 0.4) is 0 Å². The predicted octanol–water partition coefficient (Wildman–Crippen LogP) is 1.70. The SMILES string of the molecule is CC(CSC1CCCCO1)C(=O)OC(=O)[C@@H]1CCCN1. The van der Waals surface area contributed by atoms with Gasteiger partial charge in [0.25, 0.3) is 0 Å². The number of hydrogen-bond donors (Lipinski definition) is 1. The molecular weight excluding hydrogens is 278 g/mol. The van der Waals surface area contributed by atoms with Crippen LogP contribution in [0, 0.1) is 5.92 Å². The summed E-state index contributed by atoms with van der Waals surface area (Å²) in [5.41, 5.74) is 0.186. The average molecular weight is 301 g/mol. The molecule has 6 heteroatoms. The van der Waals surface area contributed by atoms with Crippen molar-refractivity contribution in [1.82, 2.24) is 5.32 Å². The quantitative estimate of drug-likeness (QED) is 0.616. The summed E-state index contributed by atoms with van der Waals surface area (Å²) in [5.74, 6) is -0.504. The topological polar surface area (TPSA) is 64.6 Å². The first kappa shape index (κ1) is 15.8. The van der Waals surface area contributed by atoms with Gasteiger partial charge in [0.15, 0.2) is 0 Å². The number of carbonyl (C=O) groups is 2. The molecule has 2 rings (SSSR count). The Morgan fingerprint density at radius 3 is 2.85 bits per heavy atom. The Hall–Kier alpha value is -0.590. The van der Waals surface area contributed by atoms with Gasteiger partial charge in [-0.2, -0.15) is 0 Å². The highest BCUT2D eigenvalue weighted by Crippen LogP contribution is 2.25. The number of ether oxygens (including phenoxy) is 2. The van der Waals surface area contributed by atoms with Crippen molar-refractivity contribution in [3.8, 4) is 0 Å². The molecule has 2 aliphatic rings. The van der Waals surface area contributed by atoms with E-state index in [0.717, 1.165) is 38.8 Å². The van der Waals surface area contributed by atoms with Gasteiger partial charge in [0, 0.05) is 12.4 Å². The number of thioether (sulfide) groups is 1. The molecule has 0 spiro atoms. The molecule has 114 valence electrons. The van der Waals surface area contributed by atoms with Gasteiger partial charge in [-0.05, 0) is 38.6 Å². The van der Waals surface area contributed by atoms with E-state index in [2.05, 4.69) is 5.32 Å². The molecule has 2 aliphatic heterocycles. The van der Waals surface area contributed by atoms with E-state index < -0.39 is 11.9 Å². The van der Waals surface area contributed by atoms with E-state index in [1.807, 2.05) is 0 Å². The fraction of sp³-hybridized carbons (Fsp3) is 0.857. The highest BCUT2D eigenvalue weighted by atomic mass is 32.2. The maximum Gasteiger partial charge on any atom is 0.330 e. The lowest BCUT2D eigenvalue weighted by atomic mass is 10.2. The summed E-state index contributed by atoms with van der Waals surface area (Å²) in [6.45, 7) is 3.42. The first-order valence-corrected chi connectivity index (χ1v) is 8.44. The Morgan fingerprint density at radius 2 is 2.20 bits per heavy atom. The molecule has 0 aromatic heterocycles. The zero-order valence-electron chi connectivity index (χ0n) is 11.9. The zero-order valence-corrected chi connectivity index (χ0v) is 12.7. The van der Waals surface area contributed by atoms with E-state index in [0.29, 0.717) is 5.75 Å². The summed E-state index contributed by atoms with van der Waals surface area (Å²) in [7, 11) is 0. The van der Waals surface area contributed by atoms with Crippen LogP contribution in [-0.2, 0) is 19.1 Å². The third-order valence-electron chi connectivity index (χ3n) is 3.62. The molecule has 0 saturated carbocycles. The molecule has 2 unspecified atom stereocenters. The third kappa shape index (κ3) is 4.75. The van der Waals surface area contributed by atoms with Gasteiger partial charge in [-0.1, -0.05) is 6.92 Å². The molecular formula is C14H23NO4S. The number of nitrogens with one attached hydrogen (secondary N) is 1. The van der Waals surface area contributed by atoms with Crippen molar-refractivity contribution in [2.45, 2.75) is 50.5 Å². The lowest BCUT2D eigenvalue weighted by molar-refractivity contribution is -0.163. The Kier molecular flexibility index (Phi) is 6.32. The second-order valence-electron chi connectivity index (χ2n) is 5.42. The predicted molar refractivity (Wildman–Crippen MR) is 77.3 cm³/mol. The summed E-state index contributed by atoms with van der Waals surface area (Å²) in [6, 6.07) is -0.305. The van der Waals surface area contributed by atoms with Crippen LogP contribution in [0.5, 0.6) is 0 Å². The van der Waals surface area contributed by atoms with Gasteiger partial charge in [0.2, 0.25) is 0 Å². The third-order valence-corrected chi connectivity index (χ3v) is 5.05. The van der Waals surface area contributed by atoms with Gasteiger partial charge in [0.05, 0.1) is 5.92 Å². The molecule has 2 saturated heterocycles. The minimum atomic E-state index is -0.432. The smallest absolute Gasteiger partial charge is 0.330 e. The van der Waals surface area contributed by atoms with Crippen LogP contribution < -0.4 is 5.32 Å². The molecule has 20 heavy (non-hydrogen) atoms. The van der Waals surface area contributed by atoms with E-state index in [1.54, 1.807) is 18.7 Å². The molecule has 3 atom stereocenters. The molecule has 5 nitrogen and oxygen atoms in total. The van der Waals surface area contributed by atoms with Gasteiger partial charge in [-0.15, -0.1) is 11.8 Å².